The molecule has 72 valence electrons. The van der Waals surface area contributed by atoms with Crippen LogP contribution in [-0.2, 0) is 4.74 Å². The van der Waals surface area contributed by atoms with Crippen molar-refractivity contribution in [2.24, 2.45) is 5.92 Å². The maximum absolute atomic E-state index is 9.44. The second-order valence-electron chi connectivity index (χ2n) is 3.92. The first-order chi connectivity index (χ1) is 5.52. The summed E-state index contributed by atoms with van der Waals surface area (Å²) in [5.41, 5.74) is 0. The molecule has 0 aromatic carbocycles. The molecule has 1 aliphatic rings. The standard InChI is InChI=1S/C9H18O3/c1-5(2)8-4-7(10)9(11)6(3)12-8/h5-11H,4H2,1-3H3/t6?,7-,8-,9?/m1/s1. The molecule has 1 aliphatic heterocycles. The molecular formula is C9H18O3. The third-order valence-electron chi connectivity index (χ3n) is 2.48. The quantitative estimate of drug-likeness (QED) is 0.610. The maximum atomic E-state index is 9.44. The van der Waals surface area contributed by atoms with E-state index in [-0.39, 0.29) is 12.2 Å². The van der Waals surface area contributed by atoms with E-state index >= 15 is 0 Å². The Kier molecular flexibility index (Phi) is 3.09. The van der Waals surface area contributed by atoms with E-state index in [9.17, 15) is 10.2 Å². The summed E-state index contributed by atoms with van der Waals surface area (Å²) >= 11 is 0. The lowest BCUT2D eigenvalue weighted by Gasteiger charge is -2.37. The van der Waals surface area contributed by atoms with Crippen LogP contribution in [0, 0.1) is 5.92 Å². The molecule has 1 heterocycles. The summed E-state index contributed by atoms with van der Waals surface area (Å²) < 4.78 is 5.52. The van der Waals surface area contributed by atoms with Crippen LogP contribution in [0.15, 0.2) is 0 Å². The minimum absolute atomic E-state index is 0.0819. The van der Waals surface area contributed by atoms with Gasteiger partial charge in [0.1, 0.15) is 6.10 Å². The highest BCUT2D eigenvalue weighted by Gasteiger charge is 2.34. The molecule has 12 heavy (non-hydrogen) atoms. The fraction of sp³-hybridized carbons (Fsp3) is 1.00. The van der Waals surface area contributed by atoms with Gasteiger partial charge in [-0.25, -0.2) is 0 Å². The van der Waals surface area contributed by atoms with Crippen molar-refractivity contribution in [3.8, 4) is 0 Å². The molecule has 0 aromatic heterocycles. The molecule has 4 atom stereocenters. The van der Waals surface area contributed by atoms with Crippen molar-refractivity contribution in [1.29, 1.82) is 0 Å². The lowest BCUT2D eigenvalue weighted by molar-refractivity contribution is -0.171. The Hall–Kier alpha value is -0.120. The molecule has 0 radical (unpaired) electrons. The summed E-state index contributed by atoms with van der Waals surface area (Å²) in [6.45, 7) is 5.91. The van der Waals surface area contributed by atoms with Gasteiger partial charge in [-0.1, -0.05) is 13.8 Å². The Bertz CT molecular complexity index is 135. The van der Waals surface area contributed by atoms with Gasteiger partial charge in [0.15, 0.2) is 0 Å². The highest BCUT2D eigenvalue weighted by molar-refractivity contribution is 4.84. The van der Waals surface area contributed by atoms with E-state index in [1.165, 1.54) is 0 Å². The molecule has 2 N–H and O–H groups in total. The minimum Gasteiger partial charge on any atom is -0.390 e. The summed E-state index contributed by atoms with van der Waals surface area (Å²) in [6, 6.07) is 0. The Morgan fingerprint density at radius 3 is 2.33 bits per heavy atom. The topological polar surface area (TPSA) is 49.7 Å². The summed E-state index contributed by atoms with van der Waals surface area (Å²) in [7, 11) is 0. The lowest BCUT2D eigenvalue weighted by atomic mass is 9.93. The first kappa shape index (κ1) is 9.96. The van der Waals surface area contributed by atoms with Gasteiger partial charge >= 0.3 is 0 Å². The first-order valence-corrected chi connectivity index (χ1v) is 4.54. The van der Waals surface area contributed by atoms with Crippen LogP contribution in [0.25, 0.3) is 0 Å². The zero-order valence-electron chi connectivity index (χ0n) is 7.90. The van der Waals surface area contributed by atoms with Gasteiger partial charge in [0.25, 0.3) is 0 Å². The molecular weight excluding hydrogens is 156 g/mol. The summed E-state index contributed by atoms with van der Waals surface area (Å²) in [5, 5.41) is 18.8. The molecule has 0 amide bonds. The van der Waals surface area contributed by atoms with Crippen LogP contribution in [-0.4, -0.2) is 34.6 Å². The number of ether oxygens (including phenoxy) is 1. The molecule has 0 aliphatic carbocycles. The molecule has 1 rings (SSSR count). The number of aliphatic hydroxyl groups is 2. The van der Waals surface area contributed by atoms with Crippen molar-refractivity contribution >= 4 is 0 Å². The van der Waals surface area contributed by atoms with Gasteiger partial charge in [0, 0.05) is 6.42 Å². The van der Waals surface area contributed by atoms with Gasteiger partial charge < -0.3 is 14.9 Å². The van der Waals surface area contributed by atoms with Crippen molar-refractivity contribution < 1.29 is 14.9 Å². The minimum atomic E-state index is -0.722. The third-order valence-corrected chi connectivity index (χ3v) is 2.48. The van der Waals surface area contributed by atoms with Crippen LogP contribution >= 0.6 is 0 Å². The van der Waals surface area contributed by atoms with E-state index in [1.807, 2.05) is 0 Å². The monoisotopic (exact) mass is 174 g/mol. The second kappa shape index (κ2) is 3.73. The third kappa shape index (κ3) is 1.97. The van der Waals surface area contributed by atoms with E-state index in [2.05, 4.69) is 13.8 Å². The van der Waals surface area contributed by atoms with Gasteiger partial charge in [-0.2, -0.15) is 0 Å². The Morgan fingerprint density at radius 2 is 1.92 bits per heavy atom. The fourth-order valence-electron chi connectivity index (χ4n) is 1.53. The predicted molar refractivity (Wildman–Crippen MR) is 45.8 cm³/mol. The normalized spacial score (nSPS) is 43.5. The van der Waals surface area contributed by atoms with E-state index in [1.54, 1.807) is 6.92 Å². The lowest BCUT2D eigenvalue weighted by Crippen LogP contribution is -2.48. The van der Waals surface area contributed by atoms with Crippen molar-refractivity contribution in [3.05, 3.63) is 0 Å². The van der Waals surface area contributed by atoms with Gasteiger partial charge in [0.05, 0.1) is 18.3 Å². The zero-order valence-corrected chi connectivity index (χ0v) is 7.90. The van der Waals surface area contributed by atoms with Crippen LogP contribution < -0.4 is 0 Å². The Labute approximate surface area is 73.4 Å². The van der Waals surface area contributed by atoms with E-state index in [0.29, 0.717) is 12.3 Å². The fourth-order valence-corrected chi connectivity index (χ4v) is 1.53. The summed E-state index contributed by atoms with van der Waals surface area (Å²) in [4.78, 5) is 0. The molecule has 0 aromatic rings. The Balaban J connectivity index is 2.53. The SMILES string of the molecule is CC1O[C@@H](C(C)C)C[C@@H](O)C1O. The van der Waals surface area contributed by atoms with Gasteiger partial charge in [-0.05, 0) is 12.8 Å². The highest BCUT2D eigenvalue weighted by atomic mass is 16.5. The van der Waals surface area contributed by atoms with Gasteiger partial charge in [-0.3, -0.25) is 0 Å². The molecule has 0 spiro atoms. The molecule has 3 nitrogen and oxygen atoms in total. The predicted octanol–water partition coefficient (Wildman–Crippen LogP) is 0.542. The number of aliphatic hydroxyl groups excluding tert-OH is 2. The van der Waals surface area contributed by atoms with Crippen LogP contribution in [0.2, 0.25) is 0 Å². The van der Waals surface area contributed by atoms with E-state index in [4.69, 9.17) is 4.74 Å². The first-order valence-electron chi connectivity index (χ1n) is 4.54. The highest BCUT2D eigenvalue weighted by Crippen LogP contribution is 2.24. The maximum Gasteiger partial charge on any atom is 0.106 e. The Morgan fingerprint density at radius 1 is 1.33 bits per heavy atom. The number of rotatable bonds is 1. The molecule has 0 saturated carbocycles. The second-order valence-corrected chi connectivity index (χ2v) is 3.92. The molecule has 1 fully saturated rings. The van der Waals surface area contributed by atoms with E-state index in [0.717, 1.165) is 0 Å². The molecule has 2 unspecified atom stereocenters. The van der Waals surface area contributed by atoms with Gasteiger partial charge in [0.2, 0.25) is 0 Å². The van der Waals surface area contributed by atoms with Crippen LogP contribution in [0.4, 0.5) is 0 Å². The zero-order chi connectivity index (χ0) is 9.30. The molecule has 1 saturated heterocycles. The van der Waals surface area contributed by atoms with Crippen LogP contribution in [0.5, 0.6) is 0 Å². The van der Waals surface area contributed by atoms with Crippen molar-refractivity contribution in [2.45, 2.75) is 51.6 Å². The van der Waals surface area contributed by atoms with E-state index < -0.39 is 12.2 Å². The average Bonchev–Trinajstić information content (AvgIpc) is 1.99. The largest absolute Gasteiger partial charge is 0.390 e. The van der Waals surface area contributed by atoms with Crippen molar-refractivity contribution in [3.63, 3.8) is 0 Å². The summed E-state index contributed by atoms with van der Waals surface area (Å²) in [5.74, 6) is 0.398. The van der Waals surface area contributed by atoms with Crippen molar-refractivity contribution in [2.75, 3.05) is 0 Å². The molecule has 0 bridgehead atoms. The van der Waals surface area contributed by atoms with Crippen molar-refractivity contribution in [1.82, 2.24) is 0 Å². The van der Waals surface area contributed by atoms with Crippen LogP contribution in [0.1, 0.15) is 27.2 Å². The number of hydrogen-bond acceptors (Lipinski definition) is 3. The smallest absolute Gasteiger partial charge is 0.106 e. The van der Waals surface area contributed by atoms with Crippen LogP contribution in [0.3, 0.4) is 0 Å². The average molecular weight is 174 g/mol. The number of hydrogen-bond donors (Lipinski definition) is 2. The molecule has 3 heteroatoms. The summed E-state index contributed by atoms with van der Waals surface area (Å²) in [6.07, 6.45) is -0.968. The van der Waals surface area contributed by atoms with Gasteiger partial charge in [-0.15, -0.1) is 0 Å².